The standard InChI is InChI=1S/C16H25NO2/c1-14-5-4-8-16(13-14)19-12-10-17(9-11-18)15-6-2-3-7-15/h4-5,8,13,15,18H,2-3,6-7,9-12H2,1H3. The van der Waals surface area contributed by atoms with E-state index in [-0.39, 0.29) is 6.61 Å². The van der Waals surface area contributed by atoms with Crippen LogP contribution < -0.4 is 4.74 Å². The van der Waals surface area contributed by atoms with E-state index in [9.17, 15) is 0 Å². The highest BCUT2D eigenvalue weighted by Crippen LogP contribution is 2.23. The molecule has 0 atom stereocenters. The number of aliphatic hydroxyl groups is 1. The molecule has 1 aliphatic rings. The molecule has 0 spiro atoms. The topological polar surface area (TPSA) is 32.7 Å². The Labute approximate surface area is 116 Å². The average molecular weight is 263 g/mol. The Morgan fingerprint density at radius 3 is 2.74 bits per heavy atom. The van der Waals surface area contributed by atoms with Crippen LogP contribution in [0.25, 0.3) is 0 Å². The smallest absolute Gasteiger partial charge is 0.119 e. The van der Waals surface area contributed by atoms with E-state index >= 15 is 0 Å². The SMILES string of the molecule is Cc1cccc(OCCN(CCO)C2CCCC2)c1. The molecule has 3 nitrogen and oxygen atoms in total. The Morgan fingerprint density at radius 1 is 1.26 bits per heavy atom. The summed E-state index contributed by atoms with van der Waals surface area (Å²) in [6, 6.07) is 8.80. The molecule has 0 aromatic heterocycles. The molecule has 0 amide bonds. The van der Waals surface area contributed by atoms with Crippen molar-refractivity contribution in [3.63, 3.8) is 0 Å². The molecular formula is C16H25NO2. The number of ether oxygens (including phenoxy) is 1. The van der Waals surface area contributed by atoms with Crippen LogP contribution in [-0.4, -0.2) is 42.4 Å². The van der Waals surface area contributed by atoms with Gasteiger partial charge in [-0.15, -0.1) is 0 Å². The van der Waals surface area contributed by atoms with E-state index in [1.807, 2.05) is 12.1 Å². The van der Waals surface area contributed by atoms with Gasteiger partial charge in [-0.25, -0.2) is 0 Å². The maximum atomic E-state index is 9.17. The van der Waals surface area contributed by atoms with Gasteiger partial charge >= 0.3 is 0 Å². The third-order valence-corrected chi connectivity index (χ3v) is 3.87. The maximum absolute atomic E-state index is 9.17. The lowest BCUT2D eigenvalue weighted by Gasteiger charge is -2.27. The maximum Gasteiger partial charge on any atom is 0.119 e. The Hall–Kier alpha value is -1.06. The summed E-state index contributed by atoms with van der Waals surface area (Å²) in [7, 11) is 0. The minimum atomic E-state index is 0.237. The number of hydrogen-bond donors (Lipinski definition) is 1. The number of aliphatic hydroxyl groups excluding tert-OH is 1. The molecule has 1 aromatic rings. The van der Waals surface area contributed by atoms with E-state index in [0.29, 0.717) is 12.6 Å². The molecule has 0 aliphatic heterocycles. The van der Waals surface area contributed by atoms with Crippen molar-refractivity contribution in [2.45, 2.75) is 38.6 Å². The van der Waals surface area contributed by atoms with Crippen LogP contribution in [0.15, 0.2) is 24.3 Å². The van der Waals surface area contributed by atoms with Gasteiger partial charge in [-0.2, -0.15) is 0 Å². The molecule has 0 heterocycles. The van der Waals surface area contributed by atoms with Crippen molar-refractivity contribution in [1.82, 2.24) is 4.90 Å². The van der Waals surface area contributed by atoms with E-state index in [1.165, 1.54) is 31.2 Å². The van der Waals surface area contributed by atoms with Crippen LogP contribution in [0.5, 0.6) is 5.75 Å². The quantitative estimate of drug-likeness (QED) is 0.821. The molecule has 0 saturated heterocycles. The van der Waals surface area contributed by atoms with Gasteiger partial charge in [0.25, 0.3) is 0 Å². The molecule has 0 radical (unpaired) electrons. The first-order valence-electron chi connectivity index (χ1n) is 7.34. The lowest BCUT2D eigenvalue weighted by atomic mass is 10.2. The van der Waals surface area contributed by atoms with Crippen LogP contribution in [-0.2, 0) is 0 Å². The normalized spacial score (nSPS) is 16.2. The van der Waals surface area contributed by atoms with Crippen LogP contribution in [0.1, 0.15) is 31.2 Å². The third kappa shape index (κ3) is 4.51. The van der Waals surface area contributed by atoms with Gasteiger partial charge in [-0.3, -0.25) is 4.90 Å². The molecule has 1 aromatic carbocycles. The molecule has 2 rings (SSSR count). The van der Waals surface area contributed by atoms with Crippen molar-refractivity contribution in [3.8, 4) is 5.75 Å². The number of hydrogen-bond acceptors (Lipinski definition) is 3. The summed E-state index contributed by atoms with van der Waals surface area (Å²) >= 11 is 0. The fourth-order valence-electron chi connectivity index (χ4n) is 2.86. The molecule has 0 bridgehead atoms. The summed E-state index contributed by atoms with van der Waals surface area (Å²) in [4.78, 5) is 2.38. The third-order valence-electron chi connectivity index (χ3n) is 3.87. The van der Waals surface area contributed by atoms with E-state index in [1.54, 1.807) is 0 Å². The van der Waals surface area contributed by atoms with Crippen LogP contribution in [0.2, 0.25) is 0 Å². The minimum Gasteiger partial charge on any atom is -0.492 e. The van der Waals surface area contributed by atoms with Gasteiger partial charge in [-0.05, 0) is 37.5 Å². The largest absolute Gasteiger partial charge is 0.492 e. The zero-order chi connectivity index (χ0) is 13.5. The molecule has 1 saturated carbocycles. The van der Waals surface area contributed by atoms with E-state index in [0.717, 1.165) is 18.8 Å². The second kappa shape index (κ2) is 7.51. The lowest BCUT2D eigenvalue weighted by molar-refractivity contribution is 0.129. The molecule has 19 heavy (non-hydrogen) atoms. The average Bonchev–Trinajstić information content (AvgIpc) is 2.91. The van der Waals surface area contributed by atoms with Crippen molar-refractivity contribution in [2.24, 2.45) is 0 Å². The van der Waals surface area contributed by atoms with Gasteiger partial charge in [0.2, 0.25) is 0 Å². The van der Waals surface area contributed by atoms with Crippen LogP contribution in [0.3, 0.4) is 0 Å². The van der Waals surface area contributed by atoms with Crippen molar-refractivity contribution in [2.75, 3.05) is 26.3 Å². The minimum absolute atomic E-state index is 0.237. The van der Waals surface area contributed by atoms with Gasteiger partial charge in [-0.1, -0.05) is 25.0 Å². The van der Waals surface area contributed by atoms with E-state index in [4.69, 9.17) is 9.84 Å². The Kier molecular flexibility index (Phi) is 5.67. The van der Waals surface area contributed by atoms with Crippen molar-refractivity contribution in [3.05, 3.63) is 29.8 Å². The first-order chi connectivity index (χ1) is 9.29. The van der Waals surface area contributed by atoms with Gasteiger partial charge in [0.05, 0.1) is 6.61 Å². The number of nitrogens with zero attached hydrogens (tertiary/aromatic N) is 1. The molecule has 1 N–H and O–H groups in total. The zero-order valence-corrected chi connectivity index (χ0v) is 11.8. The van der Waals surface area contributed by atoms with Crippen LogP contribution >= 0.6 is 0 Å². The summed E-state index contributed by atoms with van der Waals surface area (Å²) in [6.45, 7) is 4.67. The monoisotopic (exact) mass is 263 g/mol. The van der Waals surface area contributed by atoms with Crippen molar-refractivity contribution in [1.29, 1.82) is 0 Å². The molecule has 3 heteroatoms. The Balaban J connectivity index is 1.78. The highest BCUT2D eigenvalue weighted by atomic mass is 16.5. The molecule has 106 valence electrons. The zero-order valence-electron chi connectivity index (χ0n) is 11.8. The van der Waals surface area contributed by atoms with E-state index in [2.05, 4.69) is 24.0 Å². The predicted octanol–water partition coefficient (Wildman–Crippen LogP) is 2.61. The van der Waals surface area contributed by atoms with Gasteiger partial charge < -0.3 is 9.84 Å². The van der Waals surface area contributed by atoms with E-state index < -0.39 is 0 Å². The summed E-state index contributed by atoms with van der Waals surface area (Å²) in [5, 5.41) is 9.17. The molecule has 0 unspecified atom stereocenters. The summed E-state index contributed by atoms with van der Waals surface area (Å²) < 4.78 is 5.80. The van der Waals surface area contributed by atoms with Crippen LogP contribution in [0, 0.1) is 6.92 Å². The first-order valence-corrected chi connectivity index (χ1v) is 7.34. The van der Waals surface area contributed by atoms with Gasteiger partial charge in [0.15, 0.2) is 0 Å². The lowest BCUT2D eigenvalue weighted by Crippen LogP contribution is -2.38. The second-order valence-electron chi connectivity index (χ2n) is 5.36. The summed E-state index contributed by atoms with van der Waals surface area (Å²) in [6.07, 6.45) is 5.19. The predicted molar refractivity (Wildman–Crippen MR) is 77.6 cm³/mol. The number of rotatable bonds is 7. The molecule has 1 aliphatic carbocycles. The van der Waals surface area contributed by atoms with Gasteiger partial charge in [0, 0.05) is 19.1 Å². The summed E-state index contributed by atoms with van der Waals surface area (Å²) in [5.74, 6) is 0.940. The highest BCUT2D eigenvalue weighted by molar-refractivity contribution is 5.27. The highest BCUT2D eigenvalue weighted by Gasteiger charge is 2.21. The second-order valence-corrected chi connectivity index (χ2v) is 5.36. The Morgan fingerprint density at radius 2 is 2.05 bits per heavy atom. The van der Waals surface area contributed by atoms with Crippen molar-refractivity contribution >= 4 is 0 Å². The first kappa shape index (κ1) is 14.4. The fourth-order valence-corrected chi connectivity index (χ4v) is 2.86. The van der Waals surface area contributed by atoms with Crippen LogP contribution in [0.4, 0.5) is 0 Å². The Bertz CT molecular complexity index is 375. The van der Waals surface area contributed by atoms with Crippen molar-refractivity contribution < 1.29 is 9.84 Å². The molecule has 1 fully saturated rings. The fraction of sp³-hybridized carbons (Fsp3) is 0.625. The number of benzene rings is 1. The molecular weight excluding hydrogens is 238 g/mol. The van der Waals surface area contributed by atoms with Gasteiger partial charge in [0.1, 0.15) is 12.4 Å². The summed E-state index contributed by atoms with van der Waals surface area (Å²) in [5.41, 5.74) is 1.22. The number of aryl methyl sites for hydroxylation is 1.